The van der Waals surface area contributed by atoms with Gasteiger partial charge in [0.15, 0.2) is 0 Å². The Bertz CT molecular complexity index is 722. The van der Waals surface area contributed by atoms with Gasteiger partial charge in [-0.05, 0) is 19.4 Å². The number of fused-ring (bicyclic) bond motifs is 1. The highest BCUT2D eigenvalue weighted by Crippen LogP contribution is 2.36. The molecule has 1 N–H and O–H groups in total. The van der Waals surface area contributed by atoms with E-state index in [9.17, 15) is 13.5 Å². The normalized spacial score (nSPS) is 14.0. The molecule has 0 aliphatic rings. The molecule has 116 valence electrons. The van der Waals surface area contributed by atoms with Crippen LogP contribution in [0.1, 0.15) is 31.6 Å². The van der Waals surface area contributed by atoms with E-state index in [1.165, 1.54) is 15.6 Å². The minimum absolute atomic E-state index is 0.0646. The fourth-order valence-electron chi connectivity index (χ4n) is 2.44. The van der Waals surface area contributed by atoms with Gasteiger partial charge in [0, 0.05) is 23.2 Å². The summed E-state index contributed by atoms with van der Waals surface area (Å²) in [6, 6.07) is 7.32. The average molecular weight is 327 g/mol. The summed E-state index contributed by atoms with van der Waals surface area (Å²) >= 11 is 1.34. The number of benzene rings is 1. The van der Waals surface area contributed by atoms with Crippen LogP contribution < -0.4 is 0 Å². The van der Waals surface area contributed by atoms with Crippen LogP contribution in [0.3, 0.4) is 0 Å². The first-order valence-electron chi connectivity index (χ1n) is 7.02. The van der Waals surface area contributed by atoms with E-state index in [2.05, 4.69) is 0 Å². The van der Waals surface area contributed by atoms with Crippen LogP contribution in [0.4, 0.5) is 0 Å². The van der Waals surface area contributed by atoms with Gasteiger partial charge in [-0.3, -0.25) is 0 Å². The molecule has 1 aromatic carbocycles. The molecule has 0 saturated carbocycles. The van der Waals surface area contributed by atoms with Gasteiger partial charge in [-0.1, -0.05) is 31.5 Å². The Morgan fingerprint density at radius 1 is 1.33 bits per heavy atom. The molecule has 1 unspecified atom stereocenters. The third-order valence-electron chi connectivity index (χ3n) is 3.73. The Kier molecular flexibility index (Phi) is 5.03. The van der Waals surface area contributed by atoms with Gasteiger partial charge in [0.05, 0.1) is 11.5 Å². The number of thiophene rings is 1. The molecular formula is C15H21NO3S2. The summed E-state index contributed by atoms with van der Waals surface area (Å²) in [4.78, 5) is 0.766. The van der Waals surface area contributed by atoms with E-state index in [0.29, 0.717) is 10.3 Å². The van der Waals surface area contributed by atoms with Crippen LogP contribution in [0.2, 0.25) is 0 Å². The van der Waals surface area contributed by atoms with Crippen LogP contribution in [0, 0.1) is 0 Å². The van der Waals surface area contributed by atoms with Crippen LogP contribution in [-0.2, 0) is 16.6 Å². The number of hydrogen-bond acceptors (Lipinski definition) is 4. The summed E-state index contributed by atoms with van der Waals surface area (Å²) in [5.74, 6) is 0. The molecule has 2 rings (SSSR count). The molecule has 0 bridgehead atoms. The monoisotopic (exact) mass is 327 g/mol. The van der Waals surface area contributed by atoms with E-state index in [1.807, 2.05) is 32.0 Å². The van der Waals surface area contributed by atoms with Crippen LogP contribution in [-0.4, -0.2) is 30.9 Å². The van der Waals surface area contributed by atoms with Crippen molar-refractivity contribution in [1.29, 1.82) is 0 Å². The summed E-state index contributed by atoms with van der Waals surface area (Å²) < 4.78 is 28.2. The van der Waals surface area contributed by atoms with Crippen molar-refractivity contribution >= 4 is 31.4 Å². The third-order valence-corrected chi connectivity index (χ3v) is 7.11. The van der Waals surface area contributed by atoms with Gasteiger partial charge < -0.3 is 5.11 Å². The van der Waals surface area contributed by atoms with Gasteiger partial charge >= 0.3 is 0 Å². The Morgan fingerprint density at radius 3 is 2.62 bits per heavy atom. The zero-order valence-electron chi connectivity index (χ0n) is 12.5. The van der Waals surface area contributed by atoms with E-state index >= 15 is 0 Å². The lowest BCUT2D eigenvalue weighted by Gasteiger charge is -2.24. The zero-order valence-corrected chi connectivity index (χ0v) is 14.2. The van der Waals surface area contributed by atoms with E-state index < -0.39 is 10.0 Å². The number of aliphatic hydroxyl groups is 1. The fraction of sp³-hybridized carbons (Fsp3) is 0.467. The molecule has 6 heteroatoms. The van der Waals surface area contributed by atoms with Crippen LogP contribution in [0.5, 0.6) is 0 Å². The molecule has 1 heterocycles. The second-order valence-corrected chi connectivity index (χ2v) is 8.24. The molecule has 0 aliphatic heterocycles. The second-order valence-electron chi connectivity index (χ2n) is 5.17. The van der Waals surface area contributed by atoms with Crippen molar-refractivity contribution < 1.29 is 13.5 Å². The van der Waals surface area contributed by atoms with Crippen molar-refractivity contribution in [3.05, 3.63) is 29.1 Å². The van der Waals surface area contributed by atoms with Crippen molar-refractivity contribution in [1.82, 2.24) is 4.31 Å². The van der Waals surface area contributed by atoms with Gasteiger partial charge in [-0.2, -0.15) is 4.31 Å². The first-order chi connectivity index (χ1) is 9.93. The van der Waals surface area contributed by atoms with Crippen molar-refractivity contribution in [2.24, 2.45) is 0 Å². The molecule has 0 saturated heterocycles. The maximum atomic E-state index is 12.9. The van der Waals surface area contributed by atoms with Crippen molar-refractivity contribution in [2.75, 3.05) is 7.05 Å². The smallest absolute Gasteiger partial charge is 0.244 e. The van der Waals surface area contributed by atoms with Gasteiger partial charge in [-0.15, -0.1) is 11.3 Å². The molecule has 4 nitrogen and oxygen atoms in total. The van der Waals surface area contributed by atoms with Gasteiger partial charge in [-0.25, -0.2) is 8.42 Å². The minimum atomic E-state index is -3.60. The quantitative estimate of drug-likeness (QED) is 0.886. The summed E-state index contributed by atoms with van der Waals surface area (Å²) in [7, 11) is -1.99. The zero-order chi connectivity index (χ0) is 15.6. The first kappa shape index (κ1) is 16.4. The minimum Gasteiger partial charge on any atom is -0.391 e. The summed E-state index contributed by atoms with van der Waals surface area (Å²) in [6.07, 6.45) is 1.74. The van der Waals surface area contributed by atoms with E-state index in [1.54, 1.807) is 13.1 Å². The van der Waals surface area contributed by atoms with Gasteiger partial charge in [0.1, 0.15) is 4.90 Å². The molecule has 0 radical (unpaired) electrons. The Labute approximate surface area is 130 Å². The maximum absolute atomic E-state index is 12.9. The molecule has 0 spiro atoms. The SMILES string of the molecule is CCCC(C)N(C)S(=O)(=O)c1c(CO)sc2ccccc12. The summed E-state index contributed by atoms with van der Waals surface area (Å²) in [6.45, 7) is 3.69. The highest BCUT2D eigenvalue weighted by Gasteiger charge is 2.30. The Hall–Kier alpha value is -0.950. The molecular weight excluding hydrogens is 306 g/mol. The van der Waals surface area contributed by atoms with Crippen LogP contribution in [0.15, 0.2) is 29.2 Å². The molecule has 2 aromatic rings. The van der Waals surface area contributed by atoms with E-state index in [-0.39, 0.29) is 17.5 Å². The molecule has 0 amide bonds. The summed E-state index contributed by atoms with van der Waals surface area (Å²) in [5, 5.41) is 10.2. The number of sulfonamides is 1. The van der Waals surface area contributed by atoms with Gasteiger partial charge in [0.2, 0.25) is 10.0 Å². The average Bonchev–Trinajstić information content (AvgIpc) is 2.85. The maximum Gasteiger partial charge on any atom is 0.244 e. The van der Waals surface area contributed by atoms with Crippen molar-refractivity contribution in [3.63, 3.8) is 0 Å². The lowest BCUT2D eigenvalue weighted by molar-refractivity contribution is 0.282. The number of aliphatic hydroxyl groups excluding tert-OH is 1. The molecule has 1 aromatic heterocycles. The standard InChI is InChI=1S/C15H21NO3S2/c1-4-7-11(2)16(3)21(18,19)15-12-8-5-6-9-13(12)20-14(15)10-17/h5-6,8-9,11,17H,4,7,10H2,1-3H3. The highest BCUT2D eigenvalue weighted by atomic mass is 32.2. The fourth-order valence-corrected chi connectivity index (χ4v) is 5.58. The molecule has 21 heavy (non-hydrogen) atoms. The highest BCUT2D eigenvalue weighted by molar-refractivity contribution is 7.89. The van der Waals surface area contributed by atoms with Crippen molar-refractivity contribution in [2.45, 2.75) is 44.2 Å². The first-order valence-corrected chi connectivity index (χ1v) is 9.28. The van der Waals surface area contributed by atoms with Gasteiger partial charge in [0.25, 0.3) is 0 Å². The predicted octanol–water partition coefficient (Wildman–Crippen LogP) is 3.20. The Morgan fingerprint density at radius 2 is 2.00 bits per heavy atom. The predicted molar refractivity (Wildman–Crippen MR) is 87.1 cm³/mol. The molecule has 0 fully saturated rings. The molecule has 0 aliphatic carbocycles. The topological polar surface area (TPSA) is 57.6 Å². The number of nitrogens with zero attached hydrogens (tertiary/aromatic N) is 1. The van der Waals surface area contributed by atoms with Crippen LogP contribution in [0.25, 0.3) is 10.1 Å². The Balaban J connectivity index is 2.59. The third kappa shape index (κ3) is 2.99. The van der Waals surface area contributed by atoms with E-state index in [0.717, 1.165) is 17.5 Å². The lowest BCUT2D eigenvalue weighted by atomic mass is 10.2. The second kappa shape index (κ2) is 6.44. The number of rotatable bonds is 6. The van der Waals surface area contributed by atoms with Crippen LogP contribution >= 0.6 is 11.3 Å². The van der Waals surface area contributed by atoms with Crippen molar-refractivity contribution in [3.8, 4) is 0 Å². The largest absolute Gasteiger partial charge is 0.391 e. The molecule has 1 atom stereocenters. The lowest BCUT2D eigenvalue weighted by Crippen LogP contribution is -2.35. The number of hydrogen-bond donors (Lipinski definition) is 1. The van der Waals surface area contributed by atoms with E-state index in [4.69, 9.17) is 0 Å². The summed E-state index contributed by atoms with van der Waals surface area (Å²) in [5.41, 5.74) is 0.